The summed E-state index contributed by atoms with van der Waals surface area (Å²) in [4.78, 5) is 0. The van der Waals surface area contributed by atoms with Crippen LogP contribution in [-0.4, -0.2) is 30.5 Å². The molecule has 0 aliphatic rings. The number of methoxy groups -OCH3 is 1. The van der Waals surface area contributed by atoms with E-state index in [-0.39, 0.29) is 0 Å². The Balaban J connectivity index is 2.70. The molecule has 1 aromatic rings. The van der Waals surface area contributed by atoms with Gasteiger partial charge in [-0.1, -0.05) is 0 Å². The van der Waals surface area contributed by atoms with E-state index >= 15 is 0 Å². The van der Waals surface area contributed by atoms with E-state index in [1.807, 2.05) is 24.9 Å². The van der Waals surface area contributed by atoms with Crippen LogP contribution >= 0.6 is 0 Å². The Morgan fingerprint density at radius 2 is 2.42 bits per heavy atom. The molecule has 0 saturated heterocycles. The van der Waals surface area contributed by atoms with Crippen molar-refractivity contribution in [1.29, 1.82) is 0 Å². The first-order valence-electron chi connectivity index (χ1n) is 3.98. The molecule has 0 spiro atoms. The maximum absolute atomic E-state index is 4.97. The lowest BCUT2D eigenvalue weighted by Crippen LogP contribution is -2.09. The zero-order valence-electron chi connectivity index (χ0n) is 7.79. The standard InChI is InChI=1S/C8H15N3O/c1-7-6-10-11(4-5-12-3)8(7)9-2/h6,9H,4-5H2,1-3H3. The zero-order valence-corrected chi connectivity index (χ0v) is 7.79. The fourth-order valence-corrected chi connectivity index (χ4v) is 1.15. The highest BCUT2D eigenvalue weighted by Crippen LogP contribution is 2.11. The molecule has 1 heterocycles. The topological polar surface area (TPSA) is 39.1 Å². The van der Waals surface area contributed by atoms with E-state index in [0.29, 0.717) is 6.61 Å². The van der Waals surface area contributed by atoms with Crippen molar-refractivity contribution in [2.24, 2.45) is 0 Å². The zero-order chi connectivity index (χ0) is 8.97. The second-order valence-electron chi connectivity index (χ2n) is 2.64. The molecule has 0 radical (unpaired) electrons. The highest BCUT2D eigenvalue weighted by atomic mass is 16.5. The van der Waals surface area contributed by atoms with E-state index in [1.54, 1.807) is 7.11 Å². The van der Waals surface area contributed by atoms with Crippen molar-refractivity contribution in [3.8, 4) is 0 Å². The number of hydrogen-bond donors (Lipinski definition) is 1. The van der Waals surface area contributed by atoms with Gasteiger partial charge in [0.15, 0.2) is 0 Å². The van der Waals surface area contributed by atoms with E-state index < -0.39 is 0 Å². The first kappa shape index (κ1) is 9.06. The summed E-state index contributed by atoms with van der Waals surface area (Å²) in [5.41, 5.74) is 1.16. The number of ether oxygens (including phenoxy) is 1. The third-order valence-electron chi connectivity index (χ3n) is 1.77. The Morgan fingerprint density at radius 1 is 1.67 bits per heavy atom. The predicted octanol–water partition coefficient (Wildman–Crippen LogP) is 0.880. The van der Waals surface area contributed by atoms with Gasteiger partial charge in [0.2, 0.25) is 0 Å². The molecular formula is C8H15N3O. The number of hydrogen-bond acceptors (Lipinski definition) is 3. The molecule has 4 heteroatoms. The lowest BCUT2D eigenvalue weighted by atomic mass is 10.4. The van der Waals surface area contributed by atoms with Gasteiger partial charge in [-0.15, -0.1) is 0 Å². The predicted molar refractivity (Wildman–Crippen MR) is 48.4 cm³/mol. The minimum absolute atomic E-state index is 0.690. The minimum Gasteiger partial charge on any atom is -0.383 e. The van der Waals surface area contributed by atoms with Crippen molar-refractivity contribution in [2.75, 3.05) is 26.1 Å². The van der Waals surface area contributed by atoms with Gasteiger partial charge in [-0.25, -0.2) is 4.68 Å². The Labute approximate surface area is 72.5 Å². The van der Waals surface area contributed by atoms with Crippen LogP contribution in [0.1, 0.15) is 5.56 Å². The molecule has 0 saturated carbocycles. The molecule has 1 rings (SSSR count). The van der Waals surface area contributed by atoms with Gasteiger partial charge in [0.25, 0.3) is 0 Å². The SMILES string of the molecule is CNc1c(C)cnn1CCOC. The summed E-state index contributed by atoms with van der Waals surface area (Å²) in [5, 5.41) is 7.30. The molecule has 0 bridgehead atoms. The van der Waals surface area contributed by atoms with Crippen LogP contribution in [0.25, 0.3) is 0 Å². The molecule has 0 aliphatic carbocycles. The number of nitrogens with zero attached hydrogens (tertiary/aromatic N) is 2. The van der Waals surface area contributed by atoms with Gasteiger partial charge in [0.1, 0.15) is 5.82 Å². The quantitative estimate of drug-likeness (QED) is 0.727. The monoisotopic (exact) mass is 169 g/mol. The summed E-state index contributed by atoms with van der Waals surface area (Å²) in [6.45, 7) is 3.51. The molecule has 12 heavy (non-hydrogen) atoms. The van der Waals surface area contributed by atoms with Crippen LogP contribution in [0.5, 0.6) is 0 Å². The van der Waals surface area contributed by atoms with Gasteiger partial charge in [-0.3, -0.25) is 0 Å². The normalized spacial score (nSPS) is 10.2. The lowest BCUT2D eigenvalue weighted by Gasteiger charge is -2.06. The molecule has 0 fully saturated rings. The van der Waals surface area contributed by atoms with Crippen LogP contribution in [0.4, 0.5) is 5.82 Å². The average molecular weight is 169 g/mol. The van der Waals surface area contributed by atoms with E-state index in [9.17, 15) is 0 Å². The van der Waals surface area contributed by atoms with Crippen molar-refractivity contribution >= 4 is 5.82 Å². The smallest absolute Gasteiger partial charge is 0.127 e. The van der Waals surface area contributed by atoms with Crippen molar-refractivity contribution in [3.63, 3.8) is 0 Å². The highest BCUT2D eigenvalue weighted by Gasteiger charge is 2.03. The first-order valence-corrected chi connectivity index (χ1v) is 3.98. The summed E-state index contributed by atoms with van der Waals surface area (Å²) in [5.74, 6) is 1.06. The Morgan fingerprint density at radius 3 is 3.00 bits per heavy atom. The number of aryl methyl sites for hydroxylation is 1. The van der Waals surface area contributed by atoms with E-state index in [1.165, 1.54) is 0 Å². The van der Waals surface area contributed by atoms with Gasteiger partial charge in [-0.05, 0) is 6.92 Å². The van der Waals surface area contributed by atoms with E-state index in [0.717, 1.165) is 17.9 Å². The second-order valence-corrected chi connectivity index (χ2v) is 2.64. The third-order valence-corrected chi connectivity index (χ3v) is 1.77. The molecule has 0 amide bonds. The highest BCUT2D eigenvalue weighted by molar-refractivity contribution is 5.42. The van der Waals surface area contributed by atoms with Crippen molar-refractivity contribution in [1.82, 2.24) is 9.78 Å². The average Bonchev–Trinajstić information content (AvgIpc) is 2.43. The van der Waals surface area contributed by atoms with Crippen LogP contribution in [0, 0.1) is 6.92 Å². The van der Waals surface area contributed by atoms with Gasteiger partial charge in [-0.2, -0.15) is 5.10 Å². The van der Waals surface area contributed by atoms with Gasteiger partial charge in [0, 0.05) is 19.7 Å². The van der Waals surface area contributed by atoms with E-state index in [2.05, 4.69) is 10.4 Å². The summed E-state index contributed by atoms with van der Waals surface area (Å²) in [7, 11) is 3.59. The molecule has 0 aromatic carbocycles. The van der Waals surface area contributed by atoms with Gasteiger partial charge >= 0.3 is 0 Å². The molecule has 0 aliphatic heterocycles. The van der Waals surface area contributed by atoms with Crippen molar-refractivity contribution < 1.29 is 4.74 Å². The Bertz CT molecular complexity index is 244. The van der Waals surface area contributed by atoms with Crippen LogP contribution in [0.2, 0.25) is 0 Å². The number of rotatable bonds is 4. The van der Waals surface area contributed by atoms with Crippen molar-refractivity contribution in [3.05, 3.63) is 11.8 Å². The fourth-order valence-electron chi connectivity index (χ4n) is 1.15. The summed E-state index contributed by atoms with van der Waals surface area (Å²) < 4.78 is 6.87. The Hall–Kier alpha value is -1.03. The molecular weight excluding hydrogens is 154 g/mol. The summed E-state index contributed by atoms with van der Waals surface area (Å²) >= 11 is 0. The maximum Gasteiger partial charge on any atom is 0.127 e. The summed E-state index contributed by atoms with van der Waals surface area (Å²) in [6, 6.07) is 0. The lowest BCUT2D eigenvalue weighted by molar-refractivity contribution is 0.184. The van der Waals surface area contributed by atoms with Crippen LogP contribution < -0.4 is 5.32 Å². The maximum atomic E-state index is 4.97. The molecule has 0 unspecified atom stereocenters. The number of anilines is 1. The van der Waals surface area contributed by atoms with Crippen LogP contribution in [0.3, 0.4) is 0 Å². The molecule has 0 atom stereocenters. The van der Waals surface area contributed by atoms with Gasteiger partial charge in [0.05, 0.1) is 19.3 Å². The van der Waals surface area contributed by atoms with Crippen LogP contribution in [-0.2, 0) is 11.3 Å². The fraction of sp³-hybridized carbons (Fsp3) is 0.625. The summed E-state index contributed by atoms with van der Waals surface area (Å²) in [6.07, 6.45) is 1.85. The van der Waals surface area contributed by atoms with E-state index in [4.69, 9.17) is 4.74 Å². The second kappa shape index (κ2) is 4.11. The van der Waals surface area contributed by atoms with Crippen LogP contribution in [0.15, 0.2) is 6.20 Å². The molecule has 4 nitrogen and oxygen atoms in total. The minimum atomic E-state index is 0.690. The molecule has 68 valence electrons. The third kappa shape index (κ3) is 1.76. The van der Waals surface area contributed by atoms with Gasteiger partial charge < -0.3 is 10.1 Å². The first-order chi connectivity index (χ1) is 5.79. The number of nitrogens with one attached hydrogen (secondary N) is 1. The Kier molecular flexibility index (Phi) is 3.10. The molecule has 1 aromatic heterocycles. The largest absolute Gasteiger partial charge is 0.383 e. The number of aromatic nitrogens is 2. The van der Waals surface area contributed by atoms with Crippen molar-refractivity contribution in [2.45, 2.75) is 13.5 Å². The molecule has 1 N–H and O–H groups in total.